The molecule has 0 aliphatic heterocycles. The van der Waals surface area contributed by atoms with Crippen molar-refractivity contribution in [3.8, 4) is 11.4 Å². The minimum atomic E-state index is -0.303. The van der Waals surface area contributed by atoms with Crippen LogP contribution < -0.4 is 4.74 Å². The number of hydrogen-bond acceptors (Lipinski definition) is 2. The van der Waals surface area contributed by atoms with Crippen molar-refractivity contribution < 1.29 is 9.13 Å². The van der Waals surface area contributed by atoms with Crippen LogP contribution in [-0.2, 0) is 6.61 Å². The van der Waals surface area contributed by atoms with E-state index >= 15 is 0 Å². The number of hydrogen-bond donors (Lipinski definition) is 0. The summed E-state index contributed by atoms with van der Waals surface area (Å²) in [5.41, 5.74) is 1.79. The molecule has 0 saturated heterocycles. The summed E-state index contributed by atoms with van der Waals surface area (Å²) >= 11 is 3.27. The Bertz CT molecular complexity index is 743. The molecule has 0 amide bonds. The molecular formula is C16H12BrFN2O. The van der Waals surface area contributed by atoms with E-state index in [0.717, 1.165) is 11.4 Å². The maximum absolute atomic E-state index is 13.0. The van der Waals surface area contributed by atoms with E-state index in [4.69, 9.17) is 4.74 Å². The molecule has 0 saturated carbocycles. The van der Waals surface area contributed by atoms with Gasteiger partial charge in [-0.3, -0.25) is 0 Å². The maximum atomic E-state index is 13.0. The lowest BCUT2D eigenvalue weighted by molar-refractivity contribution is 0.298. The van der Waals surface area contributed by atoms with Crippen LogP contribution >= 0.6 is 15.9 Å². The molecule has 3 nitrogen and oxygen atoms in total. The Morgan fingerprint density at radius 2 is 1.90 bits per heavy atom. The fraction of sp³-hybridized carbons (Fsp3) is 0.0625. The fourth-order valence-electron chi connectivity index (χ4n) is 1.91. The van der Waals surface area contributed by atoms with E-state index in [1.165, 1.54) is 12.1 Å². The van der Waals surface area contributed by atoms with Gasteiger partial charge in [0, 0.05) is 6.20 Å². The highest BCUT2D eigenvalue weighted by Gasteiger charge is 2.05. The summed E-state index contributed by atoms with van der Waals surface area (Å²) in [6.07, 6.45) is 1.88. The molecule has 0 radical (unpaired) electrons. The molecule has 3 aromatic rings. The Kier molecular flexibility index (Phi) is 4.01. The van der Waals surface area contributed by atoms with Crippen molar-refractivity contribution >= 4 is 15.9 Å². The summed E-state index contributed by atoms with van der Waals surface area (Å²) < 4.78 is 21.0. The van der Waals surface area contributed by atoms with Crippen molar-refractivity contribution in [1.29, 1.82) is 0 Å². The fourth-order valence-corrected chi connectivity index (χ4v) is 2.37. The van der Waals surface area contributed by atoms with Crippen LogP contribution in [0.25, 0.3) is 5.69 Å². The van der Waals surface area contributed by atoms with E-state index < -0.39 is 0 Å². The molecule has 1 aromatic heterocycles. The van der Waals surface area contributed by atoms with Gasteiger partial charge in [0.1, 0.15) is 23.9 Å². The molecule has 0 bridgehead atoms. The molecule has 0 fully saturated rings. The second kappa shape index (κ2) is 6.10. The van der Waals surface area contributed by atoms with Crippen LogP contribution in [0.4, 0.5) is 4.39 Å². The quantitative estimate of drug-likeness (QED) is 0.702. The highest BCUT2D eigenvalue weighted by molar-refractivity contribution is 9.10. The predicted molar refractivity (Wildman–Crippen MR) is 82.0 cm³/mol. The van der Waals surface area contributed by atoms with Gasteiger partial charge in [-0.2, -0.15) is 5.10 Å². The normalized spacial score (nSPS) is 10.6. The van der Waals surface area contributed by atoms with Gasteiger partial charge in [0.2, 0.25) is 0 Å². The Labute approximate surface area is 130 Å². The maximum Gasteiger partial charge on any atom is 0.134 e. The molecule has 21 heavy (non-hydrogen) atoms. The van der Waals surface area contributed by atoms with Crippen molar-refractivity contribution in [3.05, 3.63) is 76.8 Å². The summed E-state index contributed by atoms with van der Waals surface area (Å²) in [5.74, 6) is 0.285. The average molecular weight is 347 g/mol. The van der Waals surface area contributed by atoms with Crippen LogP contribution in [0.5, 0.6) is 5.75 Å². The van der Waals surface area contributed by atoms with Crippen LogP contribution in [0.3, 0.4) is 0 Å². The number of rotatable bonds is 4. The summed E-state index contributed by atoms with van der Waals surface area (Å²) in [6, 6.07) is 16.1. The molecular weight excluding hydrogens is 335 g/mol. The second-order valence-electron chi connectivity index (χ2n) is 4.45. The first-order valence-corrected chi connectivity index (χ1v) is 7.19. The Hall–Kier alpha value is -2.14. The standard InChI is InChI=1S/C16H12BrFN2O/c17-15-10-12(18)6-7-16(15)21-11-13-8-9-20(19-13)14-4-2-1-3-5-14/h1-10H,11H2. The van der Waals surface area contributed by atoms with Gasteiger partial charge in [0.05, 0.1) is 10.2 Å². The second-order valence-corrected chi connectivity index (χ2v) is 5.30. The van der Waals surface area contributed by atoms with Crippen LogP contribution in [0, 0.1) is 5.82 Å². The van der Waals surface area contributed by atoms with Gasteiger partial charge < -0.3 is 4.74 Å². The highest BCUT2D eigenvalue weighted by Crippen LogP contribution is 2.26. The number of para-hydroxylation sites is 1. The van der Waals surface area contributed by atoms with Crippen molar-refractivity contribution in [2.75, 3.05) is 0 Å². The van der Waals surface area contributed by atoms with Crippen molar-refractivity contribution in [3.63, 3.8) is 0 Å². The summed E-state index contributed by atoms with van der Waals surface area (Å²) in [4.78, 5) is 0. The first-order chi connectivity index (χ1) is 10.2. The molecule has 0 aliphatic carbocycles. The molecule has 106 valence electrons. The first kappa shape index (κ1) is 13.8. The Morgan fingerprint density at radius 3 is 2.67 bits per heavy atom. The zero-order chi connectivity index (χ0) is 14.7. The monoisotopic (exact) mass is 346 g/mol. The van der Waals surface area contributed by atoms with Crippen LogP contribution in [0.2, 0.25) is 0 Å². The zero-order valence-electron chi connectivity index (χ0n) is 11.0. The molecule has 0 atom stereocenters. The van der Waals surface area contributed by atoms with E-state index in [2.05, 4.69) is 21.0 Å². The van der Waals surface area contributed by atoms with Gasteiger partial charge >= 0.3 is 0 Å². The molecule has 0 spiro atoms. The topological polar surface area (TPSA) is 27.1 Å². The smallest absolute Gasteiger partial charge is 0.134 e. The first-order valence-electron chi connectivity index (χ1n) is 6.40. The van der Waals surface area contributed by atoms with Crippen LogP contribution in [-0.4, -0.2) is 9.78 Å². The van der Waals surface area contributed by atoms with E-state index in [-0.39, 0.29) is 5.82 Å². The minimum Gasteiger partial charge on any atom is -0.486 e. The lowest BCUT2D eigenvalue weighted by Crippen LogP contribution is -2.00. The molecule has 0 N–H and O–H groups in total. The molecule has 5 heteroatoms. The summed E-state index contributed by atoms with van der Waals surface area (Å²) in [7, 11) is 0. The van der Waals surface area contributed by atoms with Crippen LogP contribution in [0.15, 0.2) is 65.3 Å². The Morgan fingerprint density at radius 1 is 1.10 bits per heavy atom. The third kappa shape index (κ3) is 3.31. The van der Waals surface area contributed by atoms with Crippen molar-refractivity contribution in [2.24, 2.45) is 0 Å². The van der Waals surface area contributed by atoms with Crippen molar-refractivity contribution in [1.82, 2.24) is 9.78 Å². The van der Waals surface area contributed by atoms with Gasteiger partial charge in [0.15, 0.2) is 0 Å². The number of aromatic nitrogens is 2. The number of halogens is 2. The van der Waals surface area contributed by atoms with E-state index in [1.807, 2.05) is 42.6 Å². The zero-order valence-corrected chi connectivity index (χ0v) is 12.6. The molecule has 0 unspecified atom stereocenters. The van der Waals surface area contributed by atoms with E-state index in [1.54, 1.807) is 10.7 Å². The van der Waals surface area contributed by atoms with Gasteiger partial charge in [-0.25, -0.2) is 9.07 Å². The minimum absolute atomic E-state index is 0.303. The lowest BCUT2D eigenvalue weighted by atomic mass is 10.3. The van der Waals surface area contributed by atoms with Crippen LogP contribution in [0.1, 0.15) is 5.69 Å². The third-order valence-corrected chi connectivity index (χ3v) is 3.55. The summed E-state index contributed by atoms with van der Waals surface area (Å²) in [6.45, 7) is 0.323. The molecule has 1 heterocycles. The number of nitrogens with zero attached hydrogens (tertiary/aromatic N) is 2. The highest BCUT2D eigenvalue weighted by atomic mass is 79.9. The SMILES string of the molecule is Fc1ccc(OCc2ccn(-c3ccccc3)n2)c(Br)c1. The number of ether oxygens (including phenoxy) is 1. The molecule has 2 aromatic carbocycles. The largest absolute Gasteiger partial charge is 0.486 e. The molecule has 3 rings (SSSR count). The van der Waals surface area contributed by atoms with E-state index in [9.17, 15) is 4.39 Å². The van der Waals surface area contributed by atoms with Gasteiger partial charge in [-0.05, 0) is 52.3 Å². The van der Waals surface area contributed by atoms with Gasteiger partial charge in [-0.1, -0.05) is 18.2 Å². The summed E-state index contributed by atoms with van der Waals surface area (Å²) in [5, 5.41) is 4.45. The lowest BCUT2D eigenvalue weighted by Gasteiger charge is -2.06. The Balaban J connectivity index is 1.70. The average Bonchev–Trinajstić information content (AvgIpc) is 2.96. The third-order valence-electron chi connectivity index (χ3n) is 2.93. The van der Waals surface area contributed by atoms with Gasteiger partial charge in [-0.15, -0.1) is 0 Å². The number of benzene rings is 2. The predicted octanol–water partition coefficient (Wildman–Crippen LogP) is 4.35. The van der Waals surface area contributed by atoms with E-state index in [0.29, 0.717) is 16.8 Å². The molecule has 0 aliphatic rings. The van der Waals surface area contributed by atoms with Gasteiger partial charge in [0.25, 0.3) is 0 Å². The van der Waals surface area contributed by atoms with Crippen molar-refractivity contribution in [2.45, 2.75) is 6.61 Å².